The van der Waals surface area contributed by atoms with E-state index in [1.54, 1.807) is 30.5 Å². The molecule has 1 saturated heterocycles. The molecule has 5 heterocycles. The summed E-state index contributed by atoms with van der Waals surface area (Å²) in [5.74, 6) is 1.24. The lowest BCUT2D eigenvalue weighted by Gasteiger charge is -2.36. The molecule has 4 aromatic heterocycles. The third kappa shape index (κ3) is 4.02. The average molecular weight is 496 g/mol. The van der Waals surface area contributed by atoms with Gasteiger partial charge in [0, 0.05) is 51.2 Å². The second-order valence-electron chi connectivity index (χ2n) is 8.74. The fraction of sp³-hybridized carbons (Fsp3) is 0.292. The van der Waals surface area contributed by atoms with E-state index in [2.05, 4.69) is 29.4 Å². The molecular weight excluding hydrogens is 473 g/mol. The van der Waals surface area contributed by atoms with Gasteiger partial charge in [-0.1, -0.05) is 0 Å². The Balaban J connectivity index is 1.13. The number of nitrogens with zero attached hydrogens (tertiary/aromatic N) is 7. The Morgan fingerprint density at radius 3 is 2.39 bits per heavy atom. The molecule has 0 radical (unpaired) electrons. The van der Waals surface area contributed by atoms with Gasteiger partial charge >= 0.3 is 6.18 Å². The smallest absolute Gasteiger partial charge is 0.416 e. The Hall–Kier alpha value is -4.06. The van der Waals surface area contributed by atoms with Gasteiger partial charge in [-0.05, 0) is 42.5 Å². The molecule has 5 aromatic rings. The molecule has 1 aromatic carbocycles. The van der Waals surface area contributed by atoms with Crippen LogP contribution in [-0.2, 0) is 12.7 Å². The highest BCUT2D eigenvalue weighted by Gasteiger charge is 2.30. The number of hydrogen-bond acceptors (Lipinski definition) is 7. The molecule has 0 unspecified atom stereocenters. The maximum absolute atomic E-state index is 12.8. The van der Waals surface area contributed by atoms with Crippen LogP contribution in [0.2, 0.25) is 0 Å². The van der Waals surface area contributed by atoms with Crippen LogP contribution in [0.5, 0.6) is 0 Å². The molecule has 2 N–H and O–H groups in total. The maximum Gasteiger partial charge on any atom is 0.416 e. The van der Waals surface area contributed by atoms with Gasteiger partial charge in [0.05, 0.1) is 17.2 Å². The number of nitrogens with two attached hydrogens (primary N) is 1. The highest BCUT2D eigenvalue weighted by molar-refractivity contribution is 5.91. The van der Waals surface area contributed by atoms with Gasteiger partial charge in [-0.3, -0.25) is 4.90 Å². The fourth-order valence-corrected chi connectivity index (χ4v) is 4.60. The SMILES string of the molecule is Nc1nc2c(ccn2CCN2CCN(c3ccc(C(F)(F)F)cc3)CC2)c2nc(-c3ccco3)nn12. The number of benzene rings is 1. The third-order valence-electron chi connectivity index (χ3n) is 6.55. The van der Waals surface area contributed by atoms with E-state index in [0.717, 1.165) is 61.6 Å². The first-order valence-electron chi connectivity index (χ1n) is 11.6. The van der Waals surface area contributed by atoms with Gasteiger partial charge in [0.25, 0.3) is 0 Å². The minimum atomic E-state index is -4.32. The summed E-state index contributed by atoms with van der Waals surface area (Å²) < 4.78 is 47.5. The molecule has 0 aliphatic carbocycles. The Morgan fingerprint density at radius 1 is 0.917 bits per heavy atom. The first kappa shape index (κ1) is 22.4. The minimum Gasteiger partial charge on any atom is -0.461 e. The molecular formula is C24H23F3N8O. The summed E-state index contributed by atoms with van der Waals surface area (Å²) in [4.78, 5) is 13.6. The number of halogens is 3. The van der Waals surface area contributed by atoms with Crippen LogP contribution in [-0.4, -0.2) is 61.8 Å². The van der Waals surface area contributed by atoms with Crippen molar-refractivity contribution in [2.24, 2.45) is 0 Å². The van der Waals surface area contributed by atoms with E-state index in [1.165, 1.54) is 4.52 Å². The van der Waals surface area contributed by atoms with Crippen molar-refractivity contribution in [2.45, 2.75) is 12.7 Å². The van der Waals surface area contributed by atoms with E-state index >= 15 is 0 Å². The van der Waals surface area contributed by atoms with Gasteiger partial charge in [-0.2, -0.15) is 22.7 Å². The van der Waals surface area contributed by atoms with Gasteiger partial charge in [-0.15, -0.1) is 5.10 Å². The van der Waals surface area contributed by atoms with Crippen molar-refractivity contribution in [3.05, 3.63) is 60.5 Å². The Bertz CT molecular complexity index is 1500. The summed E-state index contributed by atoms with van der Waals surface area (Å²) in [6, 6.07) is 10.9. The van der Waals surface area contributed by atoms with Gasteiger partial charge in [0.2, 0.25) is 11.8 Å². The molecule has 1 aliphatic heterocycles. The van der Waals surface area contributed by atoms with Crippen molar-refractivity contribution >= 4 is 28.3 Å². The summed E-state index contributed by atoms with van der Waals surface area (Å²) in [5, 5.41) is 5.28. The third-order valence-corrected chi connectivity index (χ3v) is 6.55. The summed E-state index contributed by atoms with van der Waals surface area (Å²) in [6.45, 7) is 4.65. The van der Waals surface area contributed by atoms with E-state index in [1.807, 2.05) is 12.3 Å². The summed E-state index contributed by atoms with van der Waals surface area (Å²) in [7, 11) is 0. The van der Waals surface area contributed by atoms with Gasteiger partial charge in [-0.25, -0.2) is 4.98 Å². The lowest BCUT2D eigenvalue weighted by Crippen LogP contribution is -2.47. The van der Waals surface area contributed by atoms with Gasteiger partial charge in [0.15, 0.2) is 11.4 Å². The first-order chi connectivity index (χ1) is 17.4. The Morgan fingerprint density at radius 2 is 1.69 bits per heavy atom. The van der Waals surface area contributed by atoms with E-state index in [4.69, 9.17) is 10.2 Å². The zero-order chi connectivity index (χ0) is 24.9. The number of piperazine rings is 1. The van der Waals surface area contributed by atoms with E-state index in [-0.39, 0.29) is 5.95 Å². The number of anilines is 2. The number of fused-ring (bicyclic) bond motifs is 3. The second kappa shape index (κ2) is 8.55. The molecule has 36 heavy (non-hydrogen) atoms. The van der Waals surface area contributed by atoms with Crippen LogP contribution in [0.25, 0.3) is 28.3 Å². The molecule has 1 fully saturated rings. The second-order valence-corrected chi connectivity index (χ2v) is 8.74. The maximum atomic E-state index is 12.8. The van der Waals surface area contributed by atoms with Crippen LogP contribution in [0, 0.1) is 0 Å². The first-order valence-corrected chi connectivity index (χ1v) is 11.6. The lowest BCUT2D eigenvalue weighted by atomic mass is 10.1. The van der Waals surface area contributed by atoms with Crippen molar-refractivity contribution < 1.29 is 17.6 Å². The molecule has 6 rings (SSSR count). The van der Waals surface area contributed by atoms with Gasteiger partial charge < -0.3 is 19.6 Å². The van der Waals surface area contributed by atoms with Crippen molar-refractivity contribution in [1.29, 1.82) is 0 Å². The van der Waals surface area contributed by atoms with Crippen LogP contribution in [0.1, 0.15) is 5.56 Å². The number of hydrogen-bond donors (Lipinski definition) is 1. The lowest BCUT2D eigenvalue weighted by molar-refractivity contribution is -0.137. The molecule has 9 nitrogen and oxygen atoms in total. The van der Waals surface area contributed by atoms with Crippen LogP contribution >= 0.6 is 0 Å². The van der Waals surface area contributed by atoms with Crippen molar-refractivity contribution in [1.82, 2.24) is 29.0 Å². The summed E-state index contributed by atoms with van der Waals surface area (Å²) in [6.07, 6.45) is -0.782. The predicted molar refractivity (Wildman–Crippen MR) is 128 cm³/mol. The van der Waals surface area contributed by atoms with Crippen molar-refractivity contribution in [3.8, 4) is 11.6 Å². The summed E-state index contributed by atoms with van der Waals surface area (Å²) >= 11 is 0. The molecule has 0 saturated carbocycles. The van der Waals surface area contributed by atoms with E-state index in [9.17, 15) is 13.2 Å². The number of furan rings is 1. The molecule has 12 heteroatoms. The van der Waals surface area contributed by atoms with Crippen molar-refractivity contribution in [2.75, 3.05) is 43.4 Å². The van der Waals surface area contributed by atoms with Crippen LogP contribution in [0.3, 0.4) is 0 Å². The zero-order valence-corrected chi connectivity index (χ0v) is 19.2. The predicted octanol–water partition coefficient (Wildman–Crippen LogP) is 3.76. The molecule has 0 amide bonds. The molecule has 186 valence electrons. The van der Waals surface area contributed by atoms with E-state index < -0.39 is 11.7 Å². The number of nitrogen functional groups attached to an aromatic ring is 1. The van der Waals surface area contributed by atoms with E-state index in [0.29, 0.717) is 23.8 Å². The normalized spacial score (nSPS) is 15.4. The largest absolute Gasteiger partial charge is 0.461 e. The topological polar surface area (TPSA) is 93.6 Å². The standard InChI is InChI=1S/C24H23F3N8O/c25-24(26,27)16-3-5-17(6-4-16)33-12-9-32(10-13-33)11-14-34-8-7-18-21(34)30-23(28)35-22(18)29-20(31-35)19-2-1-15-36-19/h1-8,15H,9-14H2,(H2,28,30). The molecule has 0 bridgehead atoms. The van der Waals surface area contributed by atoms with Crippen LogP contribution in [0.4, 0.5) is 24.8 Å². The zero-order valence-electron chi connectivity index (χ0n) is 19.2. The highest BCUT2D eigenvalue weighted by Crippen LogP contribution is 2.31. The van der Waals surface area contributed by atoms with Crippen LogP contribution in [0.15, 0.2) is 59.3 Å². The average Bonchev–Trinajstić information content (AvgIpc) is 3.62. The summed E-state index contributed by atoms with van der Waals surface area (Å²) in [5.41, 5.74) is 7.73. The van der Waals surface area contributed by atoms with Gasteiger partial charge in [0.1, 0.15) is 5.65 Å². The highest BCUT2D eigenvalue weighted by atomic mass is 19.4. The van der Waals surface area contributed by atoms with Crippen molar-refractivity contribution in [3.63, 3.8) is 0 Å². The number of alkyl halides is 3. The minimum absolute atomic E-state index is 0.243. The fourth-order valence-electron chi connectivity index (χ4n) is 4.60. The molecule has 1 aliphatic rings. The Kier molecular flexibility index (Phi) is 5.32. The number of rotatable bonds is 5. The quantitative estimate of drug-likeness (QED) is 0.396. The molecule has 0 spiro atoms. The van der Waals surface area contributed by atoms with Crippen LogP contribution < -0.4 is 10.6 Å². The monoisotopic (exact) mass is 496 g/mol. The number of aromatic nitrogens is 5. The molecule has 0 atom stereocenters. The Labute approximate surface area is 203 Å².